The molecule has 2 N–H and O–H groups in total. The van der Waals surface area contributed by atoms with Crippen LogP contribution in [0, 0.1) is 5.92 Å². The monoisotopic (exact) mass is 492 g/mol. The lowest BCUT2D eigenvalue weighted by Gasteiger charge is -2.14. The van der Waals surface area contributed by atoms with Crippen LogP contribution in [0.4, 0.5) is 13.2 Å². The maximum absolute atomic E-state index is 13.4. The van der Waals surface area contributed by atoms with Gasteiger partial charge in [-0.2, -0.15) is 13.2 Å². The van der Waals surface area contributed by atoms with Crippen molar-refractivity contribution < 1.29 is 28.2 Å². The normalized spacial score (nSPS) is 12.9. The van der Waals surface area contributed by atoms with Crippen LogP contribution < -0.4 is 0 Å². The number of allylic oxidation sites excluding steroid dienone is 6. The lowest BCUT2D eigenvalue weighted by molar-refractivity contribution is -0.122. The summed E-state index contributed by atoms with van der Waals surface area (Å²) in [6.07, 6.45) is 7.10. The zero-order valence-corrected chi connectivity index (χ0v) is 22.0. The van der Waals surface area contributed by atoms with Crippen molar-refractivity contribution in [2.45, 2.75) is 86.2 Å². The fourth-order valence-corrected chi connectivity index (χ4v) is 3.21. The smallest absolute Gasteiger partial charge is 0.416 e. The van der Waals surface area contributed by atoms with Gasteiger partial charge in [0.1, 0.15) is 0 Å². The molecule has 0 radical (unpaired) electrons. The fraction of sp³-hybridized carbons (Fsp3) is 0.577. The first-order valence-electron chi connectivity index (χ1n) is 11.4. The van der Waals surface area contributed by atoms with Gasteiger partial charge in [0.2, 0.25) is 0 Å². The zero-order valence-electron chi connectivity index (χ0n) is 21.2. The van der Waals surface area contributed by atoms with Crippen LogP contribution in [0.1, 0.15) is 84.9 Å². The predicted octanol–water partition coefficient (Wildman–Crippen LogP) is 8.92. The van der Waals surface area contributed by atoms with Crippen LogP contribution in [0.2, 0.25) is 0 Å². The summed E-state index contributed by atoms with van der Waals surface area (Å²) >= 11 is 1.45. The van der Waals surface area contributed by atoms with Gasteiger partial charge in [-0.1, -0.05) is 84.1 Å². The van der Waals surface area contributed by atoms with Crippen molar-refractivity contribution in [1.29, 1.82) is 0 Å². The van der Waals surface area contributed by atoms with Gasteiger partial charge < -0.3 is 10.2 Å². The maximum Gasteiger partial charge on any atom is 0.416 e. The van der Waals surface area contributed by atoms with Gasteiger partial charge >= 0.3 is 6.18 Å². The molecule has 0 aliphatic carbocycles. The minimum absolute atomic E-state index is 0.145. The van der Waals surface area contributed by atoms with Crippen LogP contribution in [0.15, 0.2) is 46.9 Å². The lowest BCUT2D eigenvalue weighted by Crippen LogP contribution is -2.11. The summed E-state index contributed by atoms with van der Waals surface area (Å²) in [6.45, 7) is 11.8. The highest BCUT2D eigenvalue weighted by molar-refractivity contribution is 7.11. The molecular formula is C26H43F3O3S. The molecule has 1 unspecified atom stereocenters. The SMILES string of the molecule is CC/C=C(/C=C(\C=C(/C)C(C)CC)C(F)(F)F)c1cccs1.CCCCCC.CO.O=CO. The number of carboxylic acid groups (broad SMARTS) is 1. The number of halogens is 3. The molecule has 1 heterocycles. The number of thiophene rings is 1. The van der Waals surface area contributed by atoms with Gasteiger partial charge in [-0.15, -0.1) is 11.3 Å². The summed E-state index contributed by atoms with van der Waals surface area (Å²) in [4.78, 5) is 9.22. The summed E-state index contributed by atoms with van der Waals surface area (Å²) in [6, 6.07) is 3.70. The Kier molecular flexibility index (Phi) is 25.2. The van der Waals surface area contributed by atoms with Gasteiger partial charge in [0.15, 0.2) is 0 Å². The van der Waals surface area contributed by atoms with Crippen LogP contribution in [0.25, 0.3) is 5.57 Å². The van der Waals surface area contributed by atoms with Crippen LogP contribution in [0.3, 0.4) is 0 Å². The number of hydrogen-bond acceptors (Lipinski definition) is 3. The van der Waals surface area contributed by atoms with Crippen LogP contribution in [-0.4, -0.2) is 30.0 Å². The molecule has 0 aliphatic rings. The molecule has 7 heteroatoms. The Bertz CT molecular complexity index is 657. The van der Waals surface area contributed by atoms with E-state index < -0.39 is 11.7 Å². The quantitative estimate of drug-likeness (QED) is 0.205. The number of rotatable bonds is 9. The third-order valence-corrected chi connectivity index (χ3v) is 5.52. The minimum Gasteiger partial charge on any atom is -0.483 e. The van der Waals surface area contributed by atoms with E-state index in [1.807, 2.05) is 44.4 Å². The molecule has 1 aromatic rings. The first-order chi connectivity index (χ1) is 15.6. The number of aliphatic hydroxyl groups is 1. The van der Waals surface area contributed by atoms with E-state index in [0.29, 0.717) is 12.0 Å². The van der Waals surface area contributed by atoms with Crippen molar-refractivity contribution in [3.63, 3.8) is 0 Å². The molecule has 0 saturated heterocycles. The molecule has 1 atom stereocenters. The van der Waals surface area contributed by atoms with E-state index in [1.54, 1.807) is 6.92 Å². The van der Waals surface area contributed by atoms with E-state index in [2.05, 4.69) is 13.8 Å². The summed E-state index contributed by atoms with van der Waals surface area (Å²) in [5.41, 5.74) is 0.810. The Balaban J connectivity index is -0.000000685. The number of unbranched alkanes of at least 4 members (excludes halogenated alkanes) is 3. The van der Waals surface area contributed by atoms with Crippen molar-refractivity contribution in [3.05, 3.63) is 51.8 Å². The second-order valence-corrected chi connectivity index (χ2v) is 8.10. The summed E-state index contributed by atoms with van der Waals surface area (Å²) in [5.74, 6) is 0.145. The van der Waals surface area contributed by atoms with Crippen LogP contribution in [-0.2, 0) is 4.79 Å². The van der Waals surface area contributed by atoms with Gasteiger partial charge in [-0.3, -0.25) is 4.79 Å². The molecule has 0 amide bonds. The van der Waals surface area contributed by atoms with Crippen molar-refractivity contribution in [2.75, 3.05) is 7.11 Å². The zero-order chi connectivity index (χ0) is 26.3. The molecule has 3 nitrogen and oxygen atoms in total. The second-order valence-electron chi connectivity index (χ2n) is 7.15. The molecule has 0 saturated carbocycles. The Morgan fingerprint density at radius 1 is 1.09 bits per heavy atom. The van der Waals surface area contributed by atoms with E-state index >= 15 is 0 Å². The molecular weight excluding hydrogens is 449 g/mol. The second kappa shape index (κ2) is 23.3. The van der Waals surface area contributed by atoms with Gasteiger partial charge in [0, 0.05) is 12.0 Å². The molecule has 0 spiro atoms. The summed E-state index contributed by atoms with van der Waals surface area (Å²) in [5, 5.41) is 15.8. The number of hydrogen-bond donors (Lipinski definition) is 2. The van der Waals surface area contributed by atoms with Gasteiger partial charge in [-0.25, -0.2) is 0 Å². The molecule has 33 heavy (non-hydrogen) atoms. The van der Waals surface area contributed by atoms with Crippen molar-refractivity contribution in [2.24, 2.45) is 5.92 Å². The first-order valence-corrected chi connectivity index (χ1v) is 12.2. The fourth-order valence-electron chi connectivity index (χ4n) is 2.48. The van der Waals surface area contributed by atoms with Gasteiger partial charge in [0.05, 0.1) is 5.57 Å². The average Bonchev–Trinajstić information content (AvgIpc) is 3.32. The van der Waals surface area contributed by atoms with E-state index in [-0.39, 0.29) is 12.4 Å². The number of carbonyl (C=O) groups is 1. The number of aliphatic hydroxyl groups excluding tert-OH is 1. The van der Waals surface area contributed by atoms with Gasteiger partial charge in [-0.05, 0) is 48.8 Å². The van der Waals surface area contributed by atoms with Crippen molar-refractivity contribution in [3.8, 4) is 0 Å². The molecule has 1 rings (SSSR count). The molecule has 0 aliphatic heterocycles. The summed E-state index contributed by atoms with van der Waals surface area (Å²) < 4.78 is 40.1. The van der Waals surface area contributed by atoms with Gasteiger partial charge in [0.25, 0.3) is 6.47 Å². The van der Waals surface area contributed by atoms with E-state index in [9.17, 15) is 13.2 Å². The Morgan fingerprint density at radius 3 is 1.94 bits per heavy atom. The average molecular weight is 493 g/mol. The molecule has 1 aromatic heterocycles. The lowest BCUT2D eigenvalue weighted by atomic mass is 9.96. The Labute approximate surface area is 202 Å². The van der Waals surface area contributed by atoms with Crippen LogP contribution in [0.5, 0.6) is 0 Å². The third-order valence-electron chi connectivity index (χ3n) is 4.60. The summed E-state index contributed by atoms with van der Waals surface area (Å²) in [7, 11) is 1.00. The largest absolute Gasteiger partial charge is 0.483 e. The third kappa shape index (κ3) is 19.3. The topological polar surface area (TPSA) is 57.5 Å². The highest BCUT2D eigenvalue weighted by Gasteiger charge is 2.32. The molecule has 0 aromatic carbocycles. The highest BCUT2D eigenvalue weighted by Crippen LogP contribution is 2.33. The number of alkyl halides is 3. The highest BCUT2D eigenvalue weighted by atomic mass is 32.1. The van der Waals surface area contributed by atoms with Crippen LogP contribution >= 0.6 is 11.3 Å². The molecule has 192 valence electrons. The van der Waals surface area contributed by atoms with E-state index in [0.717, 1.165) is 24.0 Å². The van der Waals surface area contributed by atoms with Crippen molar-refractivity contribution >= 4 is 23.4 Å². The Hall–Kier alpha value is -1.86. The Morgan fingerprint density at radius 2 is 1.61 bits per heavy atom. The molecule has 0 fully saturated rings. The maximum atomic E-state index is 13.4. The standard InChI is InChI=1S/C18H23F3S.C6H14.CH2O2.CH4O/c1-5-8-15(17-9-7-10-22-17)12-16(18(19,20)21)11-14(4)13(3)6-2;1-3-5-6-4-2;2-1-3;1-2/h7-13H,5-6H2,1-4H3;3-6H2,1-2H3;1H,(H,2,3);2H,1H3/b14-11+,15-8-,16-12+;;;. The van der Waals surface area contributed by atoms with E-state index in [1.165, 1.54) is 49.2 Å². The minimum atomic E-state index is -4.35. The van der Waals surface area contributed by atoms with E-state index in [4.69, 9.17) is 15.0 Å². The van der Waals surface area contributed by atoms with Crippen molar-refractivity contribution in [1.82, 2.24) is 0 Å². The predicted molar refractivity (Wildman–Crippen MR) is 137 cm³/mol. The first kappa shape index (κ1) is 35.7. The molecule has 0 bridgehead atoms.